The summed E-state index contributed by atoms with van der Waals surface area (Å²) in [5.74, 6) is 0.508. The van der Waals surface area contributed by atoms with E-state index in [-0.39, 0.29) is 29.6 Å². The first-order valence-electron chi connectivity index (χ1n) is 10.3. The van der Waals surface area contributed by atoms with E-state index in [9.17, 15) is 9.59 Å². The maximum Gasteiger partial charge on any atom is 0.257 e. The summed E-state index contributed by atoms with van der Waals surface area (Å²) in [5.41, 5.74) is 3.64. The van der Waals surface area contributed by atoms with Crippen molar-refractivity contribution in [1.82, 2.24) is 15.3 Å². The molecule has 164 valence electrons. The van der Waals surface area contributed by atoms with Crippen LogP contribution in [-0.4, -0.2) is 36.1 Å². The van der Waals surface area contributed by atoms with E-state index in [2.05, 4.69) is 21.4 Å². The molecule has 1 atom stereocenters. The summed E-state index contributed by atoms with van der Waals surface area (Å²) in [7, 11) is 1.63. The van der Waals surface area contributed by atoms with E-state index in [1.54, 1.807) is 14.0 Å². The molecule has 1 unspecified atom stereocenters. The fourth-order valence-electron chi connectivity index (χ4n) is 3.71. The molecule has 2 aromatic heterocycles. The van der Waals surface area contributed by atoms with Gasteiger partial charge < -0.3 is 24.8 Å². The molecule has 32 heavy (non-hydrogen) atoms. The number of aryl methyl sites for hydroxylation is 1. The average Bonchev–Trinajstić information content (AvgIpc) is 3.23. The third-order valence-electron chi connectivity index (χ3n) is 5.40. The Morgan fingerprint density at radius 2 is 1.84 bits per heavy atom. The van der Waals surface area contributed by atoms with Gasteiger partial charge in [-0.05, 0) is 36.2 Å². The number of hydrogen-bond donors (Lipinski definition) is 3. The Morgan fingerprint density at radius 1 is 1.06 bits per heavy atom. The molecule has 0 bridgehead atoms. The van der Waals surface area contributed by atoms with E-state index in [1.165, 1.54) is 12.3 Å². The second kappa shape index (κ2) is 9.43. The van der Waals surface area contributed by atoms with Gasteiger partial charge in [0.2, 0.25) is 5.43 Å². The lowest BCUT2D eigenvalue weighted by Crippen LogP contribution is -2.33. The Morgan fingerprint density at radius 3 is 2.59 bits per heavy atom. The van der Waals surface area contributed by atoms with E-state index in [1.807, 2.05) is 48.7 Å². The maximum atomic E-state index is 12.5. The van der Waals surface area contributed by atoms with Crippen molar-refractivity contribution in [2.24, 2.45) is 0 Å². The monoisotopic (exact) mass is 431 g/mol. The van der Waals surface area contributed by atoms with Crippen LogP contribution < -0.4 is 20.2 Å². The Balaban J connectivity index is 1.51. The standard InChI is InChI=1S/C25H25N3O4/c1-16-11-23(29)24(14-26-16)32-15-25(30)28-12-20(17-7-9-18(31-2)10-8-17)21-13-27-22-6-4-3-5-19(21)22/h3-11,13-14,20,27H,12,15H2,1-2H3,(H,26,29)(H,28,30). The molecule has 2 heterocycles. The molecule has 0 fully saturated rings. The number of para-hydroxylation sites is 1. The number of aromatic amines is 2. The molecule has 3 N–H and O–H groups in total. The Hall–Kier alpha value is -4.00. The minimum atomic E-state index is -0.302. The molecule has 1 amide bonds. The lowest BCUT2D eigenvalue weighted by molar-refractivity contribution is -0.123. The number of H-pyrrole nitrogens is 2. The summed E-state index contributed by atoms with van der Waals surface area (Å²) in [6, 6.07) is 17.3. The van der Waals surface area contributed by atoms with Crippen molar-refractivity contribution < 1.29 is 14.3 Å². The quantitative estimate of drug-likeness (QED) is 0.398. The number of hydrogen-bond acceptors (Lipinski definition) is 4. The highest BCUT2D eigenvalue weighted by molar-refractivity contribution is 5.84. The van der Waals surface area contributed by atoms with Gasteiger partial charge in [-0.15, -0.1) is 0 Å². The molecule has 7 nitrogen and oxygen atoms in total. The van der Waals surface area contributed by atoms with Gasteiger partial charge in [-0.3, -0.25) is 9.59 Å². The molecule has 4 aromatic rings. The molecular weight excluding hydrogens is 406 g/mol. The molecule has 7 heteroatoms. The Labute approximate surface area is 185 Å². The van der Waals surface area contributed by atoms with Gasteiger partial charge in [0.25, 0.3) is 5.91 Å². The second-order valence-corrected chi connectivity index (χ2v) is 7.55. The molecular formula is C25H25N3O4. The number of rotatable bonds is 8. The Kier molecular flexibility index (Phi) is 6.26. The first kappa shape index (κ1) is 21.2. The molecule has 0 aliphatic carbocycles. The highest BCUT2D eigenvalue weighted by Crippen LogP contribution is 2.31. The number of pyridine rings is 1. The van der Waals surface area contributed by atoms with Crippen molar-refractivity contribution in [3.63, 3.8) is 0 Å². The summed E-state index contributed by atoms with van der Waals surface area (Å²) in [6.45, 7) is 1.91. The Bertz CT molecular complexity index is 1270. The summed E-state index contributed by atoms with van der Waals surface area (Å²) in [4.78, 5) is 30.6. The van der Waals surface area contributed by atoms with Gasteiger partial charge >= 0.3 is 0 Å². The topological polar surface area (TPSA) is 96.2 Å². The first-order valence-corrected chi connectivity index (χ1v) is 10.3. The van der Waals surface area contributed by atoms with Gasteiger partial charge in [-0.25, -0.2) is 0 Å². The minimum Gasteiger partial charge on any atom is -0.497 e. The smallest absolute Gasteiger partial charge is 0.257 e. The maximum absolute atomic E-state index is 12.5. The fourth-order valence-corrected chi connectivity index (χ4v) is 3.71. The molecule has 0 aliphatic heterocycles. The zero-order valence-electron chi connectivity index (χ0n) is 18.0. The summed E-state index contributed by atoms with van der Waals surface area (Å²) >= 11 is 0. The van der Waals surface area contributed by atoms with Crippen molar-refractivity contribution >= 4 is 16.8 Å². The van der Waals surface area contributed by atoms with Crippen molar-refractivity contribution in [3.05, 3.63) is 94.0 Å². The lowest BCUT2D eigenvalue weighted by atomic mass is 9.91. The molecule has 0 spiro atoms. The van der Waals surface area contributed by atoms with Crippen LogP contribution in [0.1, 0.15) is 22.7 Å². The molecule has 0 radical (unpaired) electrons. The highest BCUT2D eigenvalue weighted by Gasteiger charge is 2.19. The van der Waals surface area contributed by atoms with Gasteiger partial charge in [0.15, 0.2) is 12.4 Å². The number of fused-ring (bicyclic) bond motifs is 1. The number of amides is 1. The average molecular weight is 431 g/mol. The van der Waals surface area contributed by atoms with Crippen LogP contribution in [0, 0.1) is 6.92 Å². The van der Waals surface area contributed by atoms with Gasteiger partial charge in [0.1, 0.15) is 5.75 Å². The molecule has 0 aliphatic rings. The summed E-state index contributed by atoms with van der Waals surface area (Å²) < 4.78 is 10.7. The number of benzene rings is 2. The molecule has 0 saturated heterocycles. The van der Waals surface area contributed by atoms with Crippen LogP contribution in [0.4, 0.5) is 0 Å². The van der Waals surface area contributed by atoms with Crippen molar-refractivity contribution in [3.8, 4) is 11.5 Å². The lowest BCUT2D eigenvalue weighted by Gasteiger charge is -2.19. The summed E-state index contributed by atoms with van der Waals surface area (Å²) in [6.07, 6.45) is 3.45. The highest BCUT2D eigenvalue weighted by atomic mass is 16.5. The van der Waals surface area contributed by atoms with Crippen LogP contribution in [0.25, 0.3) is 10.9 Å². The van der Waals surface area contributed by atoms with Gasteiger partial charge in [-0.1, -0.05) is 30.3 Å². The van der Waals surface area contributed by atoms with Crippen molar-refractivity contribution in [2.75, 3.05) is 20.3 Å². The summed E-state index contributed by atoms with van der Waals surface area (Å²) in [5, 5.41) is 4.04. The number of aromatic nitrogens is 2. The molecule has 0 saturated carbocycles. The van der Waals surface area contributed by atoms with E-state index in [0.29, 0.717) is 6.54 Å². The first-order chi connectivity index (χ1) is 15.5. The fraction of sp³-hybridized carbons (Fsp3) is 0.200. The SMILES string of the molecule is COc1ccc(C(CNC(=O)COc2c[nH]c(C)cc2=O)c2c[nH]c3ccccc23)cc1. The van der Waals surface area contributed by atoms with Crippen LogP contribution in [0.15, 0.2) is 71.8 Å². The molecule has 4 rings (SSSR count). The zero-order chi connectivity index (χ0) is 22.5. The van der Waals surface area contributed by atoms with Crippen LogP contribution in [0.3, 0.4) is 0 Å². The van der Waals surface area contributed by atoms with E-state index < -0.39 is 0 Å². The number of carbonyl (C=O) groups is 1. The van der Waals surface area contributed by atoms with E-state index in [0.717, 1.165) is 33.5 Å². The number of methoxy groups -OCH3 is 1. The largest absolute Gasteiger partial charge is 0.497 e. The van der Waals surface area contributed by atoms with E-state index in [4.69, 9.17) is 9.47 Å². The second-order valence-electron chi connectivity index (χ2n) is 7.55. The van der Waals surface area contributed by atoms with Crippen molar-refractivity contribution in [2.45, 2.75) is 12.8 Å². The zero-order valence-corrected chi connectivity index (χ0v) is 18.0. The van der Waals surface area contributed by atoms with Gasteiger partial charge in [0, 0.05) is 47.5 Å². The number of nitrogens with one attached hydrogen (secondary N) is 3. The number of ether oxygens (including phenoxy) is 2. The molecule has 2 aromatic carbocycles. The van der Waals surface area contributed by atoms with Crippen LogP contribution in [0.5, 0.6) is 11.5 Å². The predicted octanol–water partition coefficient (Wildman–Crippen LogP) is 3.50. The van der Waals surface area contributed by atoms with E-state index >= 15 is 0 Å². The number of carbonyl (C=O) groups excluding carboxylic acids is 1. The van der Waals surface area contributed by atoms with Crippen LogP contribution in [0.2, 0.25) is 0 Å². The van der Waals surface area contributed by atoms with Crippen LogP contribution >= 0.6 is 0 Å². The predicted molar refractivity (Wildman–Crippen MR) is 123 cm³/mol. The third-order valence-corrected chi connectivity index (χ3v) is 5.40. The van der Waals surface area contributed by atoms with Gasteiger partial charge in [-0.2, -0.15) is 0 Å². The minimum absolute atomic E-state index is 0.0798. The normalized spacial score (nSPS) is 11.8. The van der Waals surface area contributed by atoms with Crippen molar-refractivity contribution in [1.29, 1.82) is 0 Å². The third kappa shape index (κ3) is 4.67. The van der Waals surface area contributed by atoms with Gasteiger partial charge in [0.05, 0.1) is 7.11 Å². The van der Waals surface area contributed by atoms with Crippen LogP contribution in [-0.2, 0) is 4.79 Å².